The third-order valence-electron chi connectivity index (χ3n) is 3.70. The summed E-state index contributed by atoms with van der Waals surface area (Å²) in [7, 11) is 0. The van der Waals surface area contributed by atoms with Gasteiger partial charge in [-0.3, -0.25) is 0 Å². The van der Waals surface area contributed by atoms with E-state index in [0.717, 1.165) is 0 Å². The Labute approximate surface area is 144 Å². The molecule has 0 aliphatic carbocycles. The Balaban J connectivity index is 1.84. The number of rotatable bonds is 5. The summed E-state index contributed by atoms with van der Waals surface area (Å²) >= 11 is 0. The minimum absolute atomic E-state index is 1.19. The van der Waals surface area contributed by atoms with Gasteiger partial charge in [-0.15, -0.1) is 0 Å². The van der Waals surface area contributed by atoms with Crippen LogP contribution in [0.1, 0.15) is 16.7 Å². The van der Waals surface area contributed by atoms with Gasteiger partial charge < -0.3 is 0 Å². The summed E-state index contributed by atoms with van der Waals surface area (Å²) < 4.78 is 0. The fraction of sp³-hybridized carbons (Fsp3) is 0. The van der Waals surface area contributed by atoms with Gasteiger partial charge in [0.15, 0.2) is 0 Å². The molecule has 0 fully saturated rings. The van der Waals surface area contributed by atoms with Crippen LogP contribution in [0.5, 0.6) is 0 Å². The molecule has 0 amide bonds. The molecule has 0 nitrogen and oxygen atoms in total. The topological polar surface area (TPSA) is 0 Å². The van der Waals surface area contributed by atoms with Crippen LogP contribution in [0.2, 0.25) is 0 Å². The Kier molecular flexibility index (Phi) is 5.58. The van der Waals surface area contributed by atoms with Crippen molar-refractivity contribution in [2.45, 2.75) is 0 Å². The molecule has 0 N–H and O–H groups in total. The van der Waals surface area contributed by atoms with E-state index < -0.39 is 0 Å². The molecule has 24 heavy (non-hydrogen) atoms. The third-order valence-corrected chi connectivity index (χ3v) is 3.70. The molecule has 3 aromatic carbocycles. The van der Waals surface area contributed by atoms with E-state index in [1.165, 1.54) is 22.3 Å². The van der Waals surface area contributed by atoms with Crippen LogP contribution in [0.4, 0.5) is 0 Å². The predicted octanol–water partition coefficient (Wildman–Crippen LogP) is 6.50. The molecule has 0 saturated carbocycles. The fourth-order valence-corrected chi connectivity index (χ4v) is 2.48. The van der Waals surface area contributed by atoms with Crippen LogP contribution in [0.25, 0.3) is 17.7 Å². The highest BCUT2D eigenvalue weighted by Crippen LogP contribution is 2.19. The van der Waals surface area contributed by atoms with Gasteiger partial charge in [-0.25, -0.2) is 0 Å². The van der Waals surface area contributed by atoms with Gasteiger partial charge in [-0.05, 0) is 28.3 Å². The zero-order valence-electron chi connectivity index (χ0n) is 13.5. The average molecular weight is 308 g/mol. The van der Waals surface area contributed by atoms with E-state index in [1.807, 2.05) is 30.3 Å². The third kappa shape index (κ3) is 4.69. The Morgan fingerprint density at radius 3 is 1.71 bits per heavy atom. The molecular weight excluding hydrogens is 288 g/mol. The Bertz CT molecular complexity index is 823. The average Bonchev–Trinajstić information content (AvgIpc) is 2.66. The van der Waals surface area contributed by atoms with Gasteiger partial charge in [0.1, 0.15) is 0 Å². The number of hydrogen-bond donors (Lipinski definition) is 0. The van der Waals surface area contributed by atoms with Crippen LogP contribution in [0, 0.1) is 0 Å². The second kappa shape index (κ2) is 8.50. The first-order chi connectivity index (χ1) is 11.9. The van der Waals surface area contributed by atoms with E-state index in [9.17, 15) is 0 Å². The van der Waals surface area contributed by atoms with Gasteiger partial charge in [0.25, 0.3) is 0 Å². The first-order valence-corrected chi connectivity index (χ1v) is 8.14. The largest absolute Gasteiger partial charge is 0.0622 e. The number of benzene rings is 3. The van der Waals surface area contributed by atoms with Crippen LogP contribution in [0.3, 0.4) is 0 Å². The maximum Gasteiger partial charge on any atom is -0.0178 e. The summed E-state index contributed by atoms with van der Waals surface area (Å²) in [5.74, 6) is 0. The second-order valence-electron chi connectivity index (χ2n) is 5.51. The van der Waals surface area contributed by atoms with Gasteiger partial charge >= 0.3 is 0 Å². The minimum atomic E-state index is 1.19. The lowest BCUT2D eigenvalue weighted by atomic mass is 10.0. The number of hydrogen-bond acceptors (Lipinski definition) is 0. The Morgan fingerprint density at radius 1 is 0.542 bits per heavy atom. The maximum atomic E-state index is 2.21. The van der Waals surface area contributed by atoms with Crippen molar-refractivity contribution in [3.8, 4) is 0 Å². The number of allylic oxidation sites excluding steroid dienone is 4. The van der Waals surface area contributed by atoms with Crippen LogP contribution in [0.15, 0.2) is 109 Å². The highest BCUT2D eigenvalue weighted by atomic mass is 14.0. The molecule has 0 atom stereocenters. The highest BCUT2D eigenvalue weighted by molar-refractivity contribution is 5.87. The Hall–Kier alpha value is -3.12. The lowest BCUT2D eigenvalue weighted by molar-refractivity contribution is 1.61. The molecule has 0 heteroatoms. The van der Waals surface area contributed by atoms with Crippen molar-refractivity contribution in [2.24, 2.45) is 0 Å². The summed E-state index contributed by atoms with van der Waals surface area (Å²) in [6.07, 6.45) is 10.7. The fourth-order valence-electron chi connectivity index (χ4n) is 2.48. The first kappa shape index (κ1) is 15.8. The van der Waals surface area contributed by atoms with Crippen molar-refractivity contribution in [3.05, 3.63) is 126 Å². The summed E-state index contributed by atoms with van der Waals surface area (Å²) in [5.41, 5.74) is 4.81. The van der Waals surface area contributed by atoms with Gasteiger partial charge in [0, 0.05) is 0 Å². The van der Waals surface area contributed by atoms with E-state index in [-0.39, 0.29) is 0 Å². The maximum absolute atomic E-state index is 2.21. The lowest BCUT2D eigenvalue weighted by Gasteiger charge is -2.03. The van der Waals surface area contributed by atoms with Crippen LogP contribution in [-0.4, -0.2) is 0 Å². The summed E-state index contributed by atoms with van der Waals surface area (Å²) in [6.45, 7) is 0. The zero-order chi connectivity index (χ0) is 16.5. The predicted molar refractivity (Wildman–Crippen MR) is 105 cm³/mol. The van der Waals surface area contributed by atoms with E-state index in [4.69, 9.17) is 0 Å². The monoisotopic (exact) mass is 308 g/mol. The molecule has 3 rings (SSSR count). The van der Waals surface area contributed by atoms with Crippen LogP contribution >= 0.6 is 0 Å². The summed E-state index contributed by atoms with van der Waals surface area (Å²) in [5, 5.41) is 0. The molecule has 0 heterocycles. The van der Waals surface area contributed by atoms with Crippen molar-refractivity contribution in [1.29, 1.82) is 0 Å². The van der Waals surface area contributed by atoms with Gasteiger partial charge in [-0.2, -0.15) is 0 Å². The van der Waals surface area contributed by atoms with Gasteiger partial charge in [0.2, 0.25) is 0 Å². The molecule has 0 aliphatic heterocycles. The molecule has 0 unspecified atom stereocenters. The van der Waals surface area contributed by atoms with E-state index in [1.54, 1.807) is 0 Å². The smallest absolute Gasteiger partial charge is 0.0178 e. The minimum Gasteiger partial charge on any atom is -0.0622 e. The highest BCUT2D eigenvalue weighted by Gasteiger charge is 1.97. The van der Waals surface area contributed by atoms with Crippen LogP contribution < -0.4 is 0 Å². The van der Waals surface area contributed by atoms with Crippen molar-refractivity contribution >= 4 is 17.7 Å². The standard InChI is InChI=1S/C24H20/c1-4-12-21(13-5-1)14-10-11-19-24(23-17-8-3-9-18-23)20-22-15-6-2-7-16-22/h1-20H/b14-10+,19-11+,24-20-. The molecule has 0 spiro atoms. The first-order valence-electron chi connectivity index (χ1n) is 8.14. The molecule has 0 aliphatic rings. The summed E-state index contributed by atoms with van der Waals surface area (Å²) in [6, 6.07) is 31.2. The Morgan fingerprint density at radius 2 is 1.08 bits per heavy atom. The summed E-state index contributed by atoms with van der Waals surface area (Å²) in [4.78, 5) is 0. The molecule has 0 radical (unpaired) electrons. The van der Waals surface area contributed by atoms with E-state index in [0.29, 0.717) is 0 Å². The molecule has 116 valence electrons. The lowest BCUT2D eigenvalue weighted by Crippen LogP contribution is -1.81. The normalized spacial score (nSPS) is 12.1. The molecule has 3 aromatic rings. The van der Waals surface area contributed by atoms with Crippen molar-refractivity contribution in [1.82, 2.24) is 0 Å². The quantitative estimate of drug-likeness (QED) is 0.373. The van der Waals surface area contributed by atoms with Crippen molar-refractivity contribution in [2.75, 3.05) is 0 Å². The van der Waals surface area contributed by atoms with Gasteiger partial charge in [0.05, 0.1) is 0 Å². The van der Waals surface area contributed by atoms with Gasteiger partial charge in [-0.1, -0.05) is 115 Å². The van der Waals surface area contributed by atoms with Crippen molar-refractivity contribution in [3.63, 3.8) is 0 Å². The zero-order valence-corrected chi connectivity index (χ0v) is 13.5. The second-order valence-corrected chi connectivity index (χ2v) is 5.51. The van der Waals surface area contributed by atoms with E-state index in [2.05, 4.69) is 91.0 Å². The van der Waals surface area contributed by atoms with E-state index >= 15 is 0 Å². The molecule has 0 saturated heterocycles. The molecule has 0 bridgehead atoms. The molecule has 0 aromatic heterocycles. The van der Waals surface area contributed by atoms with Crippen molar-refractivity contribution < 1.29 is 0 Å². The SMILES string of the molecule is C(=C(/C=C/C=C/c1ccccc1)c1ccccc1)\c1ccccc1. The van der Waals surface area contributed by atoms with Crippen LogP contribution in [-0.2, 0) is 0 Å². The molecular formula is C24H20.